The number of aromatic carboxylic acids is 4. The third-order valence-electron chi connectivity index (χ3n) is 2.45. The Kier molecular flexibility index (Phi) is 6.06. The van der Waals surface area contributed by atoms with E-state index in [4.69, 9.17) is 20.4 Å². The first-order valence-corrected chi connectivity index (χ1v) is 6.07. The highest BCUT2D eigenvalue weighted by Gasteiger charge is 2.09. The second-order valence-corrected chi connectivity index (χ2v) is 4.08. The summed E-state index contributed by atoms with van der Waals surface area (Å²) in [5.41, 5.74) is -0.699. The third-order valence-corrected chi connectivity index (χ3v) is 2.45. The van der Waals surface area contributed by atoms with Gasteiger partial charge in [-0.25, -0.2) is 29.1 Å². The predicted molar refractivity (Wildman–Crippen MR) is 76.3 cm³/mol. The SMILES string of the molecule is O=C(O)c1ccnc(C(=O)O)c1.O=C(O)c1ccnc(C(=O)O)c1. The largest absolute Gasteiger partial charge is 0.478 e. The van der Waals surface area contributed by atoms with Crippen LogP contribution in [0, 0.1) is 0 Å². The summed E-state index contributed by atoms with van der Waals surface area (Å²) < 4.78 is 0. The van der Waals surface area contributed by atoms with Crippen molar-refractivity contribution in [3.05, 3.63) is 59.2 Å². The van der Waals surface area contributed by atoms with Gasteiger partial charge in [-0.15, -0.1) is 0 Å². The Morgan fingerprint density at radius 2 is 0.958 bits per heavy atom. The normalized spacial score (nSPS) is 9.33. The van der Waals surface area contributed by atoms with Gasteiger partial charge in [-0.1, -0.05) is 0 Å². The minimum absolute atomic E-state index is 0.0811. The first kappa shape index (κ1) is 18.2. The zero-order valence-electron chi connectivity index (χ0n) is 11.8. The van der Waals surface area contributed by atoms with Gasteiger partial charge in [0.25, 0.3) is 0 Å². The minimum atomic E-state index is -1.24. The van der Waals surface area contributed by atoms with Crippen molar-refractivity contribution in [1.82, 2.24) is 9.97 Å². The van der Waals surface area contributed by atoms with Crippen LogP contribution in [0.5, 0.6) is 0 Å². The standard InChI is InChI=1S/2C7H5NO4/c2*9-6(10)4-1-2-8-5(3-4)7(11)12/h2*1-3H,(H,9,10)(H,11,12). The number of rotatable bonds is 4. The molecule has 0 bridgehead atoms. The fourth-order valence-electron chi connectivity index (χ4n) is 1.36. The molecule has 2 heterocycles. The number of carboxylic acid groups (broad SMARTS) is 4. The number of hydrogen-bond acceptors (Lipinski definition) is 6. The van der Waals surface area contributed by atoms with Crippen molar-refractivity contribution in [3.63, 3.8) is 0 Å². The number of hydrogen-bond donors (Lipinski definition) is 4. The highest BCUT2D eigenvalue weighted by atomic mass is 16.4. The van der Waals surface area contributed by atoms with Gasteiger partial charge in [0.1, 0.15) is 11.4 Å². The highest BCUT2D eigenvalue weighted by molar-refractivity contribution is 5.92. The molecule has 0 fully saturated rings. The Morgan fingerprint density at radius 1 is 0.625 bits per heavy atom. The predicted octanol–water partition coefficient (Wildman–Crippen LogP) is 0.956. The van der Waals surface area contributed by atoms with Crippen molar-refractivity contribution >= 4 is 23.9 Å². The van der Waals surface area contributed by atoms with Gasteiger partial charge in [0.05, 0.1) is 11.1 Å². The molecule has 2 rings (SSSR count). The first-order chi connectivity index (χ1) is 11.2. The lowest BCUT2D eigenvalue weighted by Crippen LogP contribution is -2.03. The summed E-state index contributed by atoms with van der Waals surface area (Å²) in [7, 11) is 0. The maximum atomic E-state index is 10.4. The van der Waals surface area contributed by atoms with Gasteiger partial charge in [-0.2, -0.15) is 0 Å². The maximum absolute atomic E-state index is 10.4. The number of aromatic nitrogens is 2. The summed E-state index contributed by atoms with van der Waals surface area (Å²) in [5, 5.41) is 33.8. The Morgan fingerprint density at radius 3 is 1.21 bits per heavy atom. The van der Waals surface area contributed by atoms with Gasteiger partial charge in [0, 0.05) is 12.4 Å². The average Bonchev–Trinajstić information content (AvgIpc) is 2.55. The molecule has 0 saturated heterocycles. The van der Waals surface area contributed by atoms with E-state index >= 15 is 0 Å². The molecule has 0 aliphatic carbocycles. The van der Waals surface area contributed by atoms with E-state index in [-0.39, 0.29) is 22.5 Å². The van der Waals surface area contributed by atoms with Gasteiger partial charge < -0.3 is 20.4 Å². The number of carboxylic acids is 4. The number of pyridine rings is 2. The van der Waals surface area contributed by atoms with E-state index in [0.29, 0.717) is 0 Å². The van der Waals surface area contributed by atoms with Crippen LogP contribution in [-0.2, 0) is 0 Å². The van der Waals surface area contributed by atoms with Crippen molar-refractivity contribution in [1.29, 1.82) is 0 Å². The van der Waals surface area contributed by atoms with Crippen molar-refractivity contribution in [2.24, 2.45) is 0 Å². The van der Waals surface area contributed by atoms with Crippen LogP contribution in [0.2, 0.25) is 0 Å². The number of carbonyl (C=O) groups is 4. The van der Waals surface area contributed by atoms with Crippen LogP contribution >= 0.6 is 0 Å². The zero-order chi connectivity index (χ0) is 18.3. The van der Waals surface area contributed by atoms with Crippen LogP contribution in [0.25, 0.3) is 0 Å². The van der Waals surface area contributed by atoms with E-state index in [1.807, 2.05) is 0 Å². The molecule has 0 unspecified atom stereocenters. The van der Waals surface area contributed by atoms with Crippen molar-refractivity contribution in [2.45, 2.75) is 0 Å². The van der Waals surface area contributed by atoms with Crippen molar-refractivity contribution < 1.29 is 39.6 Å². The Labute approximate surface area is 133 Å². The van der Waals surface area contributed by atoms with E-state index < -0.39 is 23.9 Å². The smallest absolute Gasteiger partial charge is 0.354 e. The molecule has 2 aromatic rings. The summed E-state index contributed by atoms with van der Waals surface area (Å²) in [6.07, 6.45) is 2.29. The van der Waals surface area contributed by atoms with Gasteiger partial charge in [-0.05, 0) is 24.3 Å². The van der Waals surface area contributed by atoms with Crippen LogP contribution in [0.15, 0.2) is 36.7 Å². The van der Waals surface area contributed by atoms with E-state index in [1.165, 1.54) is 12.1 Å². The summed E-state index contributed by atoms with van der Waals surface area (Å²) in [6.45, 7) is 0. The van der Waals surface area contributed by atoms with Crippen LogP contribution in [0.4, 0.5) is 0 Å². The first-order valence-electron chi connectivity index (χ1n) is 6.07. The van der Waals surface area contributed by atoms with Gasteiger partial charge >= 0.3 is 23.9 Å². The second-order valence-electron chi connectivity index (χ2n) is 4.08. The van der Waals surface area contributed by atoms with Crippen molar-refractivity contribution in [3.8, 4) is 0 Å². The molecule has 0 saturated carbocycles. The molecular weight excluding hydrogens is 324 g/mol. The molecule has 4 N–H and O–H groups in total. The zero-order valence-corrected chi connectivity index (χ0v) is 11.8. The molecule has 124 valence electrons. The van der Waals surface area contributed by atoms with Crippen LogP contribution < -0.4 is 0 Å². The molecule has 2 aromatic heterocycles. The molecule has 24 heavy (non-hydrogen) atoms. The molecule has 0 aromatic carbocycles. The quantitative estimate of drug-likeness (QED) is 0.629. The molecule has 10 heteroatoms. The summed E-state index contributed by atoms with van der Waals surface area (Å²) in [6, 6.07) is 4.47. The Balaban J connectivity index is 0.000000240. The molecule has 0 aliphatic rings. The highest BCUT2D eigenvalue weighted by Crippen LogP contribution is 2.02. The fraction of sp³-hybridized carbons (Fsp3) is 0. The topological polar surface area (TPSA) is 175 Å². The third kappa shape index (κ3) is 5.18. The van der Waals surface area contributed by atoms with Gasteiger partial charge in [0.15, 0.2) is 0 Å². The molecule has 0 spiro atoms. The van der Waals surface area contributed by atoms with E-state index in [1.54, 1.807) is 0 Å². The van der Waals surface area contributed by atoms with Crippen molar-refractivity contribution in [2.75, 3.05) is 0 Å². The summed E-state index contributed by atoms with van der Waals surface area (Å²) >= 11 is 0. The molecule has 0 amide bonds. The lowest BCUT2D eigenvalue weighted by molar-refractivity contribution is 0.0672. The van der Waals surface area contributed by atoms with Gasteiger partial charge in [-0.3, -0.25) is 0 Å². The second kappa shape index (κ2) is 7.98. The van der Waals surface area contributed by atoms with Gasteiger partial charge in [0.2, 0.25) is 0 Å². The number of nitrogens with zero attached hydrogens (tertiary/aromatic N) is 2. The minimum Gasteiger partial charge on any atom is -0.478 e. The van der Waals surface area contributed by atoms with Crippen LogP contribution in [0.3, 0.4) is 0 Å². The Bertz CT molecular complexity index is 677. The molecule has 10 nitrogen and oxygen atoms in total. The summed E-state index contributed by atoms with van der Waals surface area (Å²) in [4.78, 5) is 48.3. The molecule has 0 aliphatic heterocycles. The lowest BCUT2D eigenvalue weighted by Gasteiger charge is -1.94. The van der Waals surface area contributed by atoms with Crippen LogP contribution in [-0.4, -0.2) is 54.3 Å². The molecule has 0 atom stereocenters. The van der Waals surface area contributed by atoms with E-state index in [2.05, 4.69) is 9.97 Å². The monoisotopic (exact) mass is 334 g/mol. The van der Waals surface area contributed by atoms with E-state index in [9.17, 15) is 19.2 Å². The maximum Gasteiger partial charge on any atom is 0.354 e. The van der Waals surface area contributed by atoms with E-state index in [0.717, 1.165) is 24.5 Å². The lowest BCUT2D eigenvalue weighted by atomic mass is 10.2. The summed E-state index contributed by atoms with van der Waals surface area (Å²) in [5.74, 6) is -4.81. The molecular formula is C14H10N2O8. The molecule has 0 radical (unpaired) electrons. The Hall–Kier alpha value is -3.82. The fourth-order valence-corrected chi connectivity index (χ4v) is 1.36. The van der Waals surface area contributed by atoms with Crippen LogP contribution in [0.1, 0.15) is 41.7 Å². The average molecular weight is 334 g/mol.